The first kappa shape index (κ1) is 63.5. The molecule has 0 spiro atoms. The summed E-state index contributed by atoms with van der Waals surface area (Å²) in [5, 5.41) is 58.0. The molecule has 0 radical (unpaired) electrons. The van der Waals surface area contributed by atoms with Gasteiger partial charge in [0.25, 0.3) is 0 Å². The summed E-state index contributed by atoms with van der Waals surface area (Å²) in [7, 11) is 0. The number of carboxylic acids is 2. The van der Waals surface area contributed by atoms with E-state index in [1.807, 2.05) is 6.92 Å². The van der Waals surface area contributed by atoms with Crippen molar-refractivity contribution in [1.29, 1.82) is 0 Å². The predicted molar refractivity (Wildman–Crippen MR) is 248 cm³/mol. The highest BCUT2D eigenvalue weighted by molar-refractivity contribution is 5.99. The Balaban J connectivity index is 6.51. The number of primary amides is 2. The van der Waals surface area contributed by atoms with Crippen LogP contribution in [0.25, 0.3) is 0 Å². The van der Waals surface area contributed by atoms with Crippen molar-refractivity contribution in [1.82, 2.24) is 42.5 Å². The molecule has 0 fully saturated rings. The van der Waals surface area contributed by atoms with E-state index in [9.17, 15) is 78.0 Å². The smallest absolute Gasteiger partial charge is 0.326 e. The molecule has 12 atom stereocenters. The highest BCUT2D eigenvalue weighted by atomic mass is 16.4. The van der Waals surface area contributed by atoms with E-state index in [0.717, 1.165) is 6.92 Å². The molecule has 27 heteroatoms. The van der Waals surface area contributed by atoms with Crippen molar-refractivity contribution in [2.24, 2.45) is 40.9 Å². The molecule has 0 aliphatic carbocycles. The average molecular weight is 1000 g/mol. The summed E-state index contributed by atoms with van der Waals surface area (Å²) in [6.07, 6.45) is -3.84. The number of aliphatic hydroxyl groups excluding tert-OH is 2. The number of carboxylic acid groups (broad SMARTS) is 2. The Morgan fingerprint density at radius 3 is 1.36 bits per heavy atom. The molecule has 0 aromatic rings. The summed E-state index contributed by atoms with van der Waals surface area (Å²) in [5.74, 6) is -15.7. The van der Waals surface area contributed by atoms with E-state index in [1.165, 1.54) is 20.8 Å². The van der Waals surface area contributed by atoms with E-state index in [4.69, 9.17) is 17.2 Å². The minimum absolute atomic E-state index is 0.0863. The number of hydrogen-bond donors (Lipinski definition) is 15. The van der Waals surface area contributed by atoms with Crippen LogP contribution in [0.4, 0.5) is 0 Å². The average Bonchev–Trinajstić information content (AvgIpc) is 3.26. The number of hydrogen-bond acceptors (Lipinski definition) is 15. The number of amides is 10. The quantitative estimate of drug-likeness (QED) is 0.0293. The maximum atomic E-state index is 13.8. The van der Waals surface area contributed by atoms with Gasteiger partial charge >= 0.3 is 11.9 Å². The van der Waals surface area contributed by atoms with Crippen molar-refractivity contribution in [3.8, 4) is 0 Å². The van der Waals surface area contributed by atoms with Crippen molar-refractivity contribution in [2.45, 2.75) is 168 Å². The number of carbonyl (C=O) groups excluding carboxylic acids is 10. The number of nitrogens with two attached hydrogens (primary N) is 3. The van der Waals surface area contributed by atoms with E-state index in [2.05, 4.69) is 42.5 Å². The molecule has 0 aliphatic heterocycles. The molecule has 0 rings (SSSR count). The van der Waals surface area contributed by atoms with Crippen molar-refractivity contribution in [2.75, 3.05) is 6.61 Å². The van der Waals surface area contributed by atoms with Gasteiger partial charge in [-0.2, -0.15) is 0 Å². The third-order valence-electron chi connectivity index (χ3n) is 11.2. The number of aliphatic hydroxyl groups is 2. The fourth-order valence-electron chi connectivity index (χ4n) is 6.48. The van der Waals surface area contributed by atoms with Crippen molar-refractivity contribution >= 4 is 71.0 Å². The van der Waals surface area contributed by atoms with Crippen LogP contribution >= 0.6 is 0 Å². The van der Waals surface area contributed by atoms with Gasteiger partial charge in [0.1, 0.15) is 48.3 Å². The lowest BCUT2D eigenvalue weighted by Crippen LogP contribution is -2.63. The van der Waals surface area contributed by atoms with Gasteiger partial charge in [-0.1, -0.05) is 68.2 Å². The number of nitrogens with one attached hydrogen (secondary N) is 8. The first-order chi connectivity index (χ1) is 32.4. The van der Waals surface area contributed by atoms with Gasteiger partial charge in [-0.25, -0.2) is 4.79 Å². The van der Waals surface area contributed by atoms with Crippen LogP contribution in [0.3, 0.4) is 0 Å². The molecule has 0 aromatic carbocycles. The van der Waals surface area contributed by atoms with Crippen LogP contribution in [-0.2, 0) is 57.5 Å². The van der Waals surface area contributed by atoms with Crippen LogP contribution in [0.1, 0.15) is 107 Å². The summed E-state index contributed by atoms with van der Waals surface area (Å²) in [5.41, 5.74) is 16.7. The second-order valence-electron chi connectivity index (χ2n) is 18.0. The Morgan fingerprint density at radius 2 is 0.900 bits per heavy atom. The SMILES string of the molecule is CC[C@H](C)[C@H](N)C(=O)N[C@@H](CC(C)C)C(=O)N[C@@H](CO)C(=O)N[C@@H](CC(N)=O)C(=O)N[C@@H](CCC(N)=O)C(=O)N[C@H](C(=O)N[C@H](C(=O)N[C@@H](CC(=O)O)C(=O)N[C@H](C(=O)O)[C@@H](C)CC)C(C)C)[C@@H](C)O. The van der Waals surface area contributed by atoms with E-state index in [-0.39, 0.29) is 18.3 Å². The zero-order valence-electron chi connectivity index (χ0n) is 41.2. The lowest BCUT2D eigenvalue weighted by molar-refractivity contribution is -0.145. The molecule has 70 heavy (non-hydrogen) atoms. The van der Waals surface area contributed by atoms with E-state index < -0.39 is 176 Å². The molecule has 27 nitrogen and oxygen atoms in total. The third-order valence-corrected chi connectivity index (χ3v) is 11.2. The monoisotopic (exact) mass is 1000 g/mol. The van der Waals surface area contributed by atoms with Crippen molar-refractivity contribution < 1.29 is 78.0 Å². The minimum Gasteiger partial charge on any atom is -0.481 e. The normalized spacial score (nSPS) is 16.4. The Bertz CT molecular complexity index is 1870. The molecule has 0 saturated heterocycles. The molecule has 0 unspecified atom stereocenters. The lowest BCUT2D eigenvalue weighted by Gasteiger charge is -2.29. The van der Waals surface area contributed by atoms with Crippen molar-refractivity contribution in [3.63, 3.8) is 0 Å². The van der Waals surface area contributed by atoms with E-state index >= 15 is 0 Å². The van der Waals surface area contributed by atoms with Crippen LogP contribution in [0.5, 0.6) is 0 Å². The largest absolute Gasteiger partial charge is 0.481 e. The van der Waals surface area contributed by atoms with Gasteiger partial charge in [0.05, 0.1) is 31.6 Å². The Hall–Kier alpha value is -6.48. The summed E-state index contributed by atoms with van der Waals surface area (Å²) >= 11 is 0. The first-order valence-electron chi connectivity index (χ1n) is 22.9. The fourth-order valence-corrected chi connectivity index (χ4v) is 6.48. The maximum Gasteiger partial charge on any atom is 0.326 e. The number of rotatable bonds is 33. The second kappa shape index (κ2) is 30.9. The lowest BCUT2D eigenvalue weighted by atomic mass is 9.97. The Morgan fingerprint density at radius 1 is 0.486 bits per heavy atom. The van der Waals surface area contributed by atoms with Gasteiger partial charge in [0, 0.05) is 6.42 Å². The molecule has 0 bridgehead atoms. The number of carbonyl (C=O) groups is 12. The topological polar surface area (TPSA) is 460 Å². The molecule has 10 amide bonds. The molecular weight excluding hydrogens is 927 g/mol. The Kier molecular flexibility index (Phi) is 28.0. The standard InChI is InChI=1S/C43H75N11O16/c1-10-20(7)31(46)40(66)49-24(14-18(3)4)36(62)51-27(17-55)39(65)48-25(15-29(45)58)37(63)47-23(12-13-28(44)57)35(61)54-34(22(9)56)42(68)52-32(19(5)6)41(67)50-26(16-30(59)60)38(64)53-33(43(69)70)21(8)11-2/h18-27,31-34,55-56H,10-17,46H2,1-9H3,(H2,44,57)(H2,45,58)(H,47,63)(H,48,65)(H,49,66)(H,50,67)(H,51,62)(H,52,68)(H,53,64)(H,54,61)(H,59,60)(H,69,70)/t20-,21-,22+,23-,24-,25-,26-,27-,31-,32-,33-,34-/m0/s1. The van der Waals surface area contributed by atoms with Crippen LogP contribution in [-0.4, -0.2) is 159 Å². The van der Waals surface area contributed by atoms with Gasteiger partial charge in [0.2, 0.25) is 59.1 Å². The summed E-state index contributed by atoms with van der Waals surface area (Å²) in [4.78, 5) is 155. The zero-order valence-corrected chi connectivity index (χ0v) is 41.2. The molecule has 0 aromatic heterocycles. The van der Waals surface area contributed by atoms with Gasteiger partial charge < -0.3 is 80.2 Å². The Labute approximate surface area is 406 Å². The second-order valence-corrected chi connectivity index (χ2v) is 18.0. The predicted octanol–water partition coefficient (Wildman–Crippen LogP) is -4.94. The highest BCUT2D eigenvalue weighted by Gasteiger charge is 2.38. The third kappa shape index (κ3) is 22.3. The van der Waals surface area contributed by atoms with Crippen LogP contribution in [0.15, 0.2) is 0 Å². The summed E-state index contributed by atoms with van der Waals surface area (Å²) < 4.78 is 0. The minimum atomic E-state index is -1.93. The molecular formula is C43H75N11O16. The van der Waals surface area contributed by atoms with Gasteiger partial charge in [0.15, 0.2) is 0 Å². The van der Waals surface area contributed by atoms with Crippen LogP contribution in [0.2, 0.25) is 0 Å². The van der Waals surface area contributed by atoms with Gasteiger partial charge in [-0.05, 0) is 43.4 Å². The van der Waals surface area contributed by atoms with E-state index in [1.54, 1.807) is 27.7 Å². The summed E-state index contributed by atoms with van der Waals surface area (Å²) in [6, 6.07) is -14.5. The molecule has 0 aliphatic rings. The maximum absolute atomic E-state index is 13.8. The van der Waals surface area contributed by atoms with Crippen LogP contribution < -0.4 is 59.7 Å². The van der Waals surface area contributed by atoms with Crippen LogP contribution in [0, 0.1) is 23.7 Å². The fraction of sp³-hybridized carbons (Fsp3) is 0.721. The van der Waals surface area contributed by atoms with Gasteiger partial charge in [-0.15, -0.1) is 0 Å². The van der Waals surface area contributed by atoms with E-state index in [0.29, 0.717) is 12.8 Å². The molecule has 18 N–H and O–H groups in total. The first-order valence-corrected chi connectivity index (χ1v) is 22.9. The highest BCUT2D eigenvalue weighted by Crippen LogP contribution is 2.12. The molecule has 398 valence electrons. The zero-order chi connectivity index (χ0) is 54.3. The van der Waals surface area contributed by atoms with Gasteiger partial charge in [-0.3, -0.25) is 52.7 Å². The number of aliphatic carboxylic acids is 2. The molecule has 0 saturated carbocycles. The van der Waals surface area contributed by atoms with Crippen molar-refractivity contribution in [3.05, 3.63) is 0 Å². The summed E-state index contributed by atoms with van der Waals surface area (Å²) in [6.45, 7) is 13.2. The molecule has 0 heterocycles.